The van der Waals surface area contributed by atoms with Crippen molar-refractivity contribution < 1.29 is 9.53 Å². The van der Waals surface area contributed by atoms with Gasteiger partial charge in [-0.3, -0.25) is 4.90 Å². The minimum absolute atomic E-state index is 0.261. The largest absolute Gasteiger partial charge is 0.443 e. The fraction of sp³-hybridized carbons (Fsp3) is 0.500. The lowest BCUT2D eigenvalue weighted by Gasteiger charge is -2.28. The van der Waals surface area contributed by atoms with Gasteiger partial charge < -0.3 is 4.74 Å². The van der Waals surface area contributed by atoms with Crippen molar-refractivity contribution in [2.45, 2.75) is 40.2 Å². The van der Waals surface area contributed by atoms with E-state index in [1.165, 1.54) is 4.90 Å². The zero-order valence-corrected chi connectivity index (χ0v) is 12.8. The van der Waals surface area contributed by atoms with Crippen molar-refractivity contribution in [3.8, 4) is 6.07 Å². The van der Waals surface area contributed by atoms with Crippen LogP contribution in [-0.4, -0.2) is 18.2 Å². The van der Waals surface area contributed by atoms with Crippen LogP contribution in [0.25, 0.3) is 0 Å². The molecule has 20 heavy (non-hydrogen) atoms. The van der Waals surface area contributed by atoms with E-state index in [1.54, 1.807) is 6.92 Å². The summed E-state index contributed by atoms with van der Waals surface area (Å²) < 4.78 is 5.42. The van der Waals surface area contributed by atoms with Crippen LogP contribution in [0.4, 0.5) is 10.5 Å². The highest BCUT2D eigenvalue weighted by Crippen LogP contribution is 2.20. The number of nitriles is 1. The standard InChI is InChI=1S/C16H22N2O2/c1-12-7-6-8-14(9-12)18(11-13(2)10-17)15(19)20-16(3,4)5/h6-9,13H,11H2,1-5H3. The fourth-order valence-corrected chi connectivity index (χ4v) is 1.71. The van der Waals surface area contributed by atoms with Gasteiger partial charge in [0.15, 0.2) is 0 Å². The number of amides is 1. The molecule has 4 heteroatoms. The summed E-state index contributed by atoms with van der Waals surface area (Å²) in [6.07, 6.45) is -0.426. The van der Waals surface area contributed by atoms with Crippen molar-refractivity contribution >= 4 is 11.8 Å². The van der Waals surface area contributed by atoms with Crippen LogP contribution in [0.5, 0.6) is 0 Å². The Morgan fingerprint density at radius 3 is 2.60 bits per heavy atom. The highest BCUT2D eigenvalue weighted by Gasteiger charge is 2.24. The number of rotatable bonds is 3. The second-order valence-corrected chi connectivity index (χ2v) is 5.96. The first-order chi connectivity index (χ1) is 9.23. The van der Waals surface area contributed by atoms with Gasteiger partial charge in [0.1, 0.15) is 5.60 Å². The van der Waals surface area contributed by atoms with Gasteiger partial charge in [0.2, 0.25) is 0 Å². The molecule has 0 heterocycles. The molecule has 108 valence electrons. The van der Waals surface area contributed by atoms with Crippen molar-refractivity contribution in [1.82, 2.24) is 0 Å². The van der Waals surface area contributed by atoms with E-state index in [1.807, 2.05) is 52.0 Å². The van der Waals surface area contributed by atoms with Gasteiger partial charge in [-0.15, -0.1) is 0 Å². The molecule has 0 saturated heterocycles. The first-order valence-electron chi connectivity index (χ1n) is 6.70. The van der Waals surface area contributed by atoms with Gasteiger partial charge in [0.25, 0.3) is 0 Å². The molecule has 0 fully saturated rings. The lowest BCUT2D eigenvalue weighted by Crippen LogP contribution is -2.39. The van der Waals surface area contributed by atoms with Gasteiger partial charge in [-0.2, -0.15) is 5.26 Å². The Labute approximate surface area is 121 Å². The van der Waals surface area contributed by atoms with E-state index in [4.69, 9.17) is 10.00 Å². The van der Waals surface area contributed by atoms with Crippen molar-refractivity contribution in [2.24, 2.45) is 5.92 Å². The number of benzene rings is 1. The number of carbonyl (C=O) groups is 1. The molecule has 0 aromatic heterocycles. The number of hydrogen-bond donors (Lipinski definition) is 0. The molecule has 0 radical (unpaired) electrons. The Bertz CT molecular complexity index is 512. The summed E-state index contributed by atoms with van der Waals surface area (Å²) in [6, 6.07) is 9.76. The van der Waals surface area contributed by atoms with Crippen LogP contribution in [0.2, 0.25) is 0 Å². The maximum Gasteiger partial charge on any atom is 0.414 e. The summed E-state index contributed by atoms with van der Waals surface area (Å²) in [7, 11) is 0. The molecule has 1 atom stereocenters. The number of anilines is 1. The molecule has 0 N–H and O–H groups in total. The molecule has 1 unspecified atom stereocenters. The Hall–Kier alpha value is -2.02. The Kier molecular flexibility index (Phi) is 5.15. The van der Waals surface area contributed by atoms with Crippen molar-refractivity contribution in [3.63, 3.8) is 0 Å². The maximum atomic E-state index is 12.3. The van der Waals surface area contributed by atoms with Gasteiger partial charge in [-0.1, -0.05) is 12.1 Å². The van der Waals surface area contributed by atoms with E-state index in [2.05, 4.69) is 6.07 Å². The van der Waals surface area contributed by atoms with Gasteiger partial charge in [-0.05, 0) is 52.3 Å². The van der Waals surface area contributed by atoms with Crippen LogP contribution in [0.1, 0.15) is 33.3 Å². The van der Waals surface area contributed by atoms with E-state index in [-0.39, 0.29) is 5.92 Å². The minimum atomic E-state index is -0.560. The molecule has 1 rings (SSSR count). The lowest BCUT2D eigenvalue weighted by molar-refractivity contribution is 0.0578. The average molecular weight is 274 g/mol. The van der Waals surface area contributed by atoms with E-state index in [0.717, 1.165) is 11.3 Å². The lowest BCUT2D eigenvalue weighted by atomic mass is 10.1. The Morgan fingerprint density at radius 2 is 2.10 bits per heavy atom. The summed E-state index contributed by atoms with van der Waals surface area (Å²) in [4.78, 5) is 13.8. The number of carbonyl (C=O) groups excluding carboxylic acids is 1. The van der Waals surface area contributed by atoms with Gasteiger partial charge in [-0.25, -0.2) is 4.79 Å². The smallest absolute Gasteiger partial charge is 0.414 e. The van der Waals surface area contributed by atoms with Crippen LogP contribution in [0.15, 0.2) is 24.3 Å². The molecule has 4 nitrogen and oxygen atoms in total. The van der Waals surface area contributed by atoms with Crippen LogP contribution in [-0.2, 0) is 4.74 Å². The zero-order valence-electron chi connectivity index (χ0n) is 12.8. The number of aryl methyl sites for hydroxylation is 1. The Morgan fingerprint density at radius 1 is 1.45 bits per heavy atom. The molecule has 0 spiro atoms. The number of ether oxygens (including phenoxy) is 1. The SMILES string of the molecule is Cc1cccc(N(CC(C)C#N)C(=O)OC(C)(C)C)c1. The summed E-state index contributed by atoms with van der Waals surface area (Å²) in [6.45, 7) is 9.54. The minimum Gasteiger partial charge on any atom is -0.443 e. The molecule has 0 aliphatic heterocycles. The highest BCUT2D eigenvalue weighted by atomic mass is 16.6. The van der Waals surface area contributed by atoms with Gasteiger partial charge in [0, 0.05) is 12.2 Å². The molecule has 1 aromatic rings. The summed E-state index contributed by atoms with van der Waals surface area (Å²) >= 11 is 0. The quantitative estimate of drug-likeness (QED) is 0.840. The van der Waals surface area contributed by atoms with E-state index >= 15 is 0 Å². The normalized spacial score (nSPS) is 12.4. The summed E-state index contributed by atoms with van der Waals surface area (Å²) in [5, 5.41) is 8.97. The van der Waals surface area contributed by atoms with Crippen LogP contribution in [0, 0.1) is 24.2 Å². The predicted octanol–water partition coefficient (Wildman–Crippen LogP) is 3.90. The van der Waals surface area contributed by atoms with Crippen LogP contribution >= 0.6 is 0 Å². The first-order valence-corrected chi connectivity index (χ1v) is 6.70. The van der Waals surface area contributed by atoms with E-state index < -0.39 is 11.7 Å². The Balaban J connectivity index is 3.03. The average Bonchev–Trinajstić information content (AvgIpc) is 2.33. The van der Waals surface area contributed by atoms with Crippen LogP contribution in [0.3, 0.4) is 0 Å². The predicted molar refractivity (Wildman–Crippen MR) is 79.5 cm³/mol. The third-order valence-electron chi connectivity index (χ3n) is 2.60. The third-order valence-corrected chi connectivity index (χ3v) is 2.60. The van der Waals surface area contributed by atoms with Crippen molar-refractivity contribution in [1.29, 1.82) is 5.26 Å². The van der Waals surface area contributed by atoms with Crippen LogP contribution < -0.4 is 4.90 Å². The second-order valence-electron chi connectivity index (χ2n) is 5.96. The fourth-order valence-electron chi connectivity index (χ4n) is 1.71. The molecule has 0 saturated carbocycles. The molecule has 0 bridgehead atoms. The van der Waals surface area contributed by atoms with Gasteiger partial charge >= 0.3 is 6.09 Å². The number of hydrogen-bond acceptors (Lipinski definition) is 3. The zero-order chi connectivity index (χ0) is 15.3. The van der Waals surface area contributed by atoms with Crippen molar-refractivity contribution in [3.05, 3.63) is 29.8 Å². The molecule has 1 aromatic carbocycles. The molecular weight excluding hydrogens is 252 g/mol. The topological polar surface area (TPSA) is 53.3 Å². The van der Waals surface area contributed by atoms with Crippen molar-refractivity contribution in [2.75, 3.05) is 11.4 Å². The van der Waals surface area contributed by atoms with E-state index in [0.29, 0.717) is 6.54 Å². The summed E-state index contributed by atoms with van der Waals surface area (Å²) in [5.41, 5.74) is 1.25. The molecule has 0 aliphatic carbocycles. The molecular formula is C16H22N2O2. The monoisotopic (exact) mass is 274 g/mol. The van der Waals surface area contributed by atoms with Gasteiger partial charge in [0.05, 0.1) is 12.0 Å². The molecule has 0 aliphatic rings. The second kappa shape index (κ2) is 6.42. The molecule has 1 amide bonds. The first kappa shape index (κ1) is 16.0. The number of nitrogens with zero attached hydrogens (tertiary/aromatic N) is 2. The maximum absolute atomic E-state index is 12.3. The summed E-state index contributed by atoms with van der Waals surface area (Å²) in [5.74, 6) is -0.261. The third kappa shape index (κ3) is 4.93. The highest BCUT2D eigenvalue weighted by molar-refractivity contribution is 5.88. The van der Waals surface area contributed by atoms with E-state index in [9.17, 15) is 4.79 Å².